The Bertz CT molecular complexity index is 635. The Kier molecular flexibility index (Phi) is 5.76. The maximum Gasteiger partial charge on any atom is 0.302 e. The summed E-state index contributed by atoms with van der Waals surface area (Å²) in [4.78, 5) is 11.5. The van der Waals surface area contributed by atoms with Crippen LogP contribution in [0.1, 0.15) is 79.1 Å². The van der Waals surface area contributed by atoms with Crippen molar-refractivity contribution in [1.82, 2.24) is 0 Å². The minimum atomic E-state index is -0.174. The third kappa shape index (κ3) is 3.57. The predicted molar refractivity (Wildman–Crippen MR) is 108 cm³/mol. The van der Waals surface area contributed by atoms with Gasteiger partial charge in [0.15, 0.2) is 0 Å². The summed E-state index contributed by atoms with van der Waals surface area (Å²) in [5, 5.41) is 9.63. The Balaban J connectivity index is 1.90. The molecule has 0 heterocycles. The van der Waals surface area contributed by atoms with E-state index in [1.54, 1.807) is 0 Å². The molecule has 0 bridgehead atoms. The van der Waals surface area contributed by atoms with Gasteiger partial charge < -0.3 is 4.74 Å². The first-order valence-electron chi connectivity index (χ1n) is 10.9. The molecule has 3 saturated carbocycles. The topological polar surface area (TPSA) is 50.1 Å². The molecule has 3 fully saturated rings. The molecule has 0 spiro atoms. The van der Waals surface area contributed by atoms with E-state index < -0.39 is 0 Å². The standard InChI is InChI=1S/C24H37NO2/c1-16-8-11-24(5,19(14-16)15-27-18(3)26)22-9-12-23(4)17(2)6-7-21(23)20(22)10-13-25/h16,19-22H,2,6-12,14-15H2,1,3-5H3/t16-,19+,20-,21-,22-,23+,24-/m0/s1. The van der Waals surface area contributed by atoms with Crippen LogP contribution >= 0.6 is 0 Å². The van der Waals surface area contributed by atoms with Crippen LogP contribution in [0, 0.1) is 51.8 Å². The summed E-state index contributed by atoms with van der Waals surface area (Å²) in [6, 6.07) is 2.53. The van der Waals surface area contributed by atoms with Crippen LogP contribution in [-0.4, -0.2) is 12.6 Å². The maximum atomic E-state index is 11.5. The van der Waals surface area contributed by atoms with E-state index in [2.05, 4.69) is 33.4 Å². The summed E-state index contributed by atoms with van der Waals surface area (Å²) in [7, 11) is 0. The molecule has 3 nitrogen and oxygen atoms in total. The van der Waals surface area contributed by atoms with Gasteiger partial charge in [-0.3, -0.25) is 4.79 Å². The van der Waals surface area contributed by atoms with Crippen LogP contribution in [0.15, 0.2) is 12.2 Å². The summed E-state index contributed by atoms with van der Waals surface area (Å²) >= 11 is 0. The van der Waals surface area contributed by atoms with Crippen LogP contribution in [0.25, 0.3) is 0 Å². The van der Waals surface area contributed by atoms with Crippen molar-refractivity contribution in [3.8, 4) is 6.07 Å². The van der Waals surface area contributed by atoms with Crippen LogP contribution in [0.5, 0.6) is 0 Å². The van der Waals surface area contributed by atoms with Crippen molar-refractivity contribution in [3.05, 3.63) is 12.2 Å². The Hall–Kier alpha value is -1.30. The van der Waals surface area contributed by atoms with Gasteiger partial charge in [-0.05, 0) is 78.9 Å². The smallest absolute Gasteiger partial charge is 0.302 e. The van der Waals surface area contributed by atoms with Gasteiger partial charge in [0.1, 0.15) is 0 Å². The first-order chi connectivity index (χ1) is 12.7. The van der Waals surface area contributed by atoms with E-state index in [-0.39, 0.29) is 16.8 Å². The number of allylic oxidation sites excluding steroid dienone is 1. The first kappa shape index (κ1) is 20.4. The number of hydrogen-bond acceptors (Lipinski definition) is 3. The van der Waals surface area contributed by atoms with E-state index in [4.69, 9.17) is 4.74 Å². The summed E-state index contributed by atoms with van der Waals surface area (Å²) in [5.74, 6) is 2.51. The zero-order valence-corrected chi connectivity index (χ0v) is 17.7. The number of fused-ring (bicyclic) bond motifs is 1. The average Bonchev–Trinajstić information content (AvgIpc) is 2.92. The van der Waals surface area contributed by atoms with Crippen LogP contribution < -0.4 is 0 Å². The fraction of sp³-hybridized carbons (Fsp3) is 0.833. The quantitative estimate of drug-likeness (QED) is 0.456. The molecule has 0 aromatic rings. The monoisotopic (exact) mass is 371 g/mol. The maximum absolute atomic E-state index is 11.5. The van der Waals surface area contributed by atoms with E-state index in [0.29, 0.717) is 42.6 Å². The highest BCUT2D eigenvalue weighted by Gasteiger charge is 2.56. The highest BCUT2D eigenvalue weighted by atomic mass is 16.5. The SMILES string of the molecule is C=C1CC[C@H]2[C@H](CC#N)[C@@H]([C@@]3(C)CC[C@H](C)C[C@@H]3COC(C)=O)CC[C@]12C. The van der Waals surface area contributed by atoms with Crippen molar-refractivity contribution >= 4 is 5.97 Å². The molecule has 0 saturated heterocycles. The summed E-state index contributed by atoms with van der Waals surface area (Å²) in [6.45, 7) is 13.6. The Morgan fingerprint density at radius 3 is 2.67 bits per heavy atom. The fourth-order valence-corrected chi connectivity index (χ4v) is 7.00. The largest absolute Gasteiger partial charge is 0.466 e. The second kappa shape index (κ2) is 7.61. The Morgan fingerprint density at radius 1 is 1.26 bits per heavy atom. The number of rotatable bonds is 4. The van der Waals surface area contributed by atoms with Gasteiger partial charge in [0.05, 0.1) is 12.7 Å². The normalized spacial score (nSPS) is 44.4. The number of hydrogen-bond donors (Lipinski definition) is 0. The van der Waals surface area contributed by atoms with Crippen LogP contribution in [0.3, 0.4) is 0 Å². The zero-order chi connectivity index (χ0) is 19.8. The van der Waals surface area contributed by atoms with Gasteiger partial charge in [-0.2, -0.15) is 5.26 Å². The van der Waals surface area contributed by atoms with Gasteiger partial charge in [-0.1, -0.05) is 39.3 Å². The van der Waals surface area contributed by atoms with Crippen molar-refractivity contribution < 1.29 is 9.53 Å². The summed E-state index contributed by atoms with van der Waals surface area (Å²) in [5.41, 5.74) is 1.80. The summed E-state index contributed by atoms with van der Waals surface area (Å²) in [6.07, 6.45) is 8.93. The number of carbonyl (C=O) groups excluding carboxylic acids is 1. The Labute approximate surface area is 165 Å². The lowest BCUT2D eigenvalue weighted by Crippen LogP contribution is -2.50. The molecule has 150 valence electrons. The fourth-order valence-electron chi connectivity index (χ4n) is 7.00. The molecule has 27 heavy (non-hydrogen) atoms. The lowest BCUT2D eigenvalue weighted by atomic mass is 9.48. The molecule has 0 radical (unpaired) electrons. The molecule has 0 amide bonds. The molecule has 0 N–H and O–H groups in total. The van der Waals surface area contributed by atoms with Gasteiger partial charge in [-0.25, -0.2) is 0 Å². The van der Waals surface area contributed by atoms with Crippen LogP contribution in [0.4, 0.5) is 0 Å². The van der Waals surface area contributed by atoms with E-state index in [1.165, 1.54) is 44.6 Å². The number of ether oxygens (including phenoxy) is 1. The van der Waals surface area contributed by atoms with Gasteiger partial charge >= 0.3 is 5.97 Å². The molecule has 0 unspecified atom stereocenters. The van der Waals surface area contributed by atoms with Crippen molar-refractivity contribution in [2.24, 2.45) is 40.4 Å². The van der Waals surface area contributed by atoms with E-state index in [1.807, 2.05) is 0 Å². The van der Waals surface area contributed by atoms with Gasteiger partial charge in [0, 0.05) is 13.3 Å². The van der Waals surface area contributed by atoms with Gasteiger partial charge in [0.2, 0.25) is 0 Å². The van der Waals surface area contributed by atoms with Crippen molar-refractivity contribution in [2.75, 3.05) is 6.61 Å². The van der Waals surface area contributed by atoms with Crippen LogP contribution in [-0.2, 0) is 9.53 Å². The third-order valence-corrected chi connectivity index (χ3v) is 8.85. The second-order valence-corrected chi connectivity index (χ2v) is 10.2. The second-order valence-electron chi connectivity index (χ2n) is 10.2. The van der Waals surface area contributed by atoms with Gasteiger partial charge in [-0.15, -0.1) is 0 Å². The molecule has 0 aromatic carbocycles. The highest BCUT2D eigenvalue weighted by Crippen LogP contribution is 2.64. The van der Waals surface area contributed by atoms with Crippen molar-refractivity contribution in [3.63, 3.8) is 0 Å². The van der Waals surface area contributed by atoms with Crippen molar-refractivity contribution in [1.29, 1.82) is 5.26 Å². The predicted octanol–water partition coefficient (Wildman–Crippen LogP) is 5.90. The molecule has 3 aliphatic carbocycles. The molecule has 0 aliphatic heterocycles. The minimum Gasteiger partial charge on any atom is -0.466 e. The molecular formula is C24H37NO2. The van der Waals surface area contributed by atoms with Crippen LogP contribution in [0.2, 0.25) is 0 Å². The zero-order valence-electron chi connectivity index (χ0n) is 17.7. The molecule has 7 atom stereocenters. The number of nitrogens with zero attached hydrogens (tertiary/aromatic N) is 1. The molecular weight excluding hydrogens is 334 g/mol. The average molecular weight is 372 g/mol. The number of nitriles is 1. The highest BCUT2D eigenvalue weighted by molar-refractivity contribution is 5.65. The van der Waals surface area contributed by atoms with Crippen molar-refractivity contribution in [2.45, 2.75) is 79.1 Å². The lowest BCUT2D eigenvalue weighted by molar-refractivity contribution is -0.148. The van der Waals surface area contributed by atoms with Gasteiger partial charge in [0.25, 0.3) is 0 Å². The lowest BCUT2D eigenvalue weighted by Gasteiger charge is -2.56. The summed E-state index contributed by atoms with van der Waals surface area (Å²) < 4.78 is 5.52. The minimum absolute atomic E-state index is 0.161. The first-order valence-corrected chi connectivity index (χ1v) is 10.9. The molecule has 3 rings (SSSR count). The molecule has 3 aliphatic rings. The third-order valence-electron chi connectivity index (χ3n) is 8.85. The molecule has 3 heteroatoms. The molecule has 0 aromatic heterocycles. The Morgan fingerprint density at radius 2 is 2.00 bits per heavy atom. The number of carbonyl (C=O) groups is 1. The number of esters is 1. The van der Waals surface area contributed by atoms with E-state index >= 15 is 0 Å². The van der Waals surface area contributed by atoms with E-state index in [9.17, 15) is 10.1 Å². The van der Waals surface area contributed by atoms with E-state index in [0.717, 1.165) is 12.8 Å².